The summed E-state index contributed by atoms with van der Waals surface area (Å²) in [5.74, 6) is -0.157. The van der Waals surface area contributed by atoms with Crippen LogP contribution in [-0.2, 0) is 35.5 Å². The summed E-state index contributed by atoms with van der Waals surface area (Å²) < 4.78 is 11.2. The molecule has 2 aromatic carbocycles. The Morgan fingerprint density at radius 2 is 1.69 bits per heavy atom. The Morgan fingerprint density at radius 3 is 2.38 bits per heavy atom. The topological polar surface area (TPSA) is 90.1 Å². The van der Waals surface area contributed by atoms with E-state index in [1.165, 1.54) is 11.1 Å². The van der Waals surface area contributed by atoms with Crippen LogP contribution in [0.4, 0.5) is 5.69 Å². The lowest BCUT2D eigenvalue weighted by Gasteiger charge is -2.37. The molecule has 1 aromatic heterocycles. The molecular formula is C39H53N5O4. The summed E-state index contributed by atoms with van der Waals surface area (Å²) in [7, 11) is 0. The van der Waals surface area contributed by atoms with Crippen molar-refractivity contribution in [1.29, 1.82) is 0 Å². The molecule has 0 aliphatic carbocycles. The van der Waals surface area contributed by atoms with Crippen LogP contribution in [0.15, 0.2) is 41.2 Å². The Kier molecular flexibility index (Phi) is 11.0. The largest absolute Gasteiger partial charge is 0.381 e. The fourth-order valence-corrected chi connectivity index (χ4v) is 7.65. The summed E-state index contributed by atoms with van der Waals surface area (Å²) in [5, 5.41) is 3.17. The van der Waals surface area contributed by atoms with Crippen LogP contribution in [-0.4, -0.2) is 85.4 Å². The molecule has 3 aliphatic heterocycles. The Balaban J connectivity index is 1.30. The molecule has 0 unspecified atom stereocenters. The van der Waals surface area contributed by atoms with Crippen molar-refractivity contribution in [2.75, 3.05) is 57.5 Å². The van der Waals surface area contributed by atoms with Gasteiger partial charge in [0.15, 0.2) is 0 Å². The first-order valence-corrected chi connectivity index (χ1v) is 17.9. The number of fused-ring (bicyclic) bond motifs is 1. The highest BCUT2D eigenvalue weighted by atomic mass is 16.5. The van der Waals surface area contributed by atoms with Gasteiger partial charge < -0.3 is 24.7 Å². The molecule has 9 nitrogen and oxygen atoms in total. The molecule has 0 spiro atoms. The second kappa shape index (κ2) is 15.4. The third kappa shape index (κ3) is 7.54. The summed E-state index contributed by atoms with van der Waals surface area (Å²) in [5.41, 5.74) is 9.83. The number of nitrogens with one attached hydrogen (secondary N) is 2. The molecule has 2 saturated heterocycles. The van der Waals surface area contributed by atoms with Crippen molar-refractivity contribution < 1.29 is 14.3 Å². The monoisotopic (exact) mass is 655 g/mol. The van der Waals surface area contributed by atoms with Gasteiger partial charge in [0.1, 0.15) is 0 Å². The van der Waals surface area contributed by atoms with E-state index in [2.05, 4.69) is 83.0 Å². The molecule has 0 bridgehead atoms. The Labute approximate surface area is 285 Å². The Morgan fingerprint density at radius 1 is 0.979 bits per heavy atom. The van der Waals surface area contributed by atoms with Crippen molar-refractivity contribution in [1.82, 2.24) is 20.1 Å². The maximum absolute atomic E-state index is 14.1. The fraction of sp³-hybridized carbons (Fsp3) is 0.538. The third-order valence-corrected chi connectivity index (χ3v) is 10.6. The van der Waals surface area contributed by atoms with Gasteiger partial charge in [-0.15, -0.1) is 0 Å². The van der Waals surface area contributed by atoms with Gasteiger partial charge in [-0.25, -0.2) is 0 Å². The summed E-state index contributed by atoms with van der Waals surface area (Å²) in [6.45, 7) is 19.3. The minimum Gasteiger partial charge on any atom is -0.381 e. The van der Waals surface area contributed by atoms with Crippen LogP contribution in [0, 0.1) is 13.8 Å². The van der Waals surface area contributed by atoms with E-state index < -0.39 is 0 Å². The molecule has 2 N–H and O–H groups in total. The predicted octanol–water partition coefficient (Wildman–Crippen LogP) is 5.19. The smallest absolute Gasteiger partial charge is 0.253 e. The fourth-order valence-electron chi connectivity index (χ4n) is 7.65. The minimum atomic E-state index is -0.157. The zero-order valence-electron chi connectivity index (χ0n) is 29.5. The third-order valence-electron chi connectivity index (χ3n) is 10.6. The van der Waals surface area contributed by atoms with Gasteiger partial charge in [-0.2, -0.15) is 0 Å². The van der Waals surface area contributed by atoms with E-state index in [0.29, 0.717) is 23.2 Å². The second-order valence-electron chi connectivity index (χ2n) is 13.9. The second-order valence-corrected chi connectivity index (χ2v) is 13.9. The number of aromatic amines is 1. The summed E-state index contributed by atoms with van der Waals surface area (Å²) in [6.07, 6.45) is 2.73. The number of morpholine rings is 1. The van der Waals surface area contributed by atoms with Crippen LogP contribution >= 0.6 is 0 Å². The van der Waals surface area contributed by atoms with Crippen LogP contribution in [0.2, 0.25) is 0 Å². The number of aromatic nitrogens is 1. The average molecular weight is 656 g/mol. The van der Waals surface area contributed by atoms with E-state index in [4.69, 9.17) is 9.47 Å². The van der Waals surface area contributed by atoms with Crippen molar-refractivity contribution in [2.45, 2.75) is 85.6 Å². The molecular weight excluding hydrogens is 602 g/mol. The number of carbonyl (C=O) groups is 1. The molecule has 0 atom stereocenters. The van der Waals surface area contributed by atoms with Crippen molar-refractivity contribution in [3.05, 3.63) is 85.8 Å². The highest BCUT2D eigenvalue weighted by molar-refractivity contribution is 5.99. The van der Waals surface area contributed by atoms with Crippen LogP contribution in [0.1, 0.15) is 77.5 Å². The van der Waals surface area contributed by atoms with Crippen molar-refractivity contribution in [3.63, 3.8) is 0 Å². The highest BCUT2D eigenvalue weighted by Crippen LogP contribution is 2.34. The van der Waals surface area contributed by atoms with E-state index in [-0.39, 0.29) is 18.0 Å². The van der Waals surface area contributed by atoms with Crippen LogP contribution in [0.5, 0.6) is 0 Å². The number of hydrogen-bond donors (Lipinski definition) is 2. The number of ether oxygens (including phenoxy) is 2. The van der Waals surface area contributed by atoms with Gasteiger partial charge in [-0.1, -0.05) is 24.3 Å². The number of carbonyl (C=O) groups excluding carboxylic acids is 1. The number of amides is 1. The number of H-pyrrole nitrogens is 1. The van der Waals surface area contributed by atoms with Crippen LogP contribution < -0.4 is 15.8 Å². The zero-order chi connectivity index (χ0) is 33.8. The van der Waals surface area contributed by atoms with Gasteiger partial charge in [0.25, 0.3) is 11.5 Å². The predicted molar refractivity (Wildman–Crippen MR) is 192 cm³/mol. The van der Waals surface area contributed by atoms with Gasteiger partial charge in [-0.05, 0) is 99.4 Å². The van der Waals surface area contributed by atoms with E-state index in [0.717, 1.165) is 119 Å². The number of nitrogens with zero attached hydrogens (tertiary/aromatic N) is 3. The lowest BCUT2D eigenvalue weighted by molar-refractivity contribution is 0.0342. The number of aryl methyl sites for hydroxylation is 1. The normalized spacial score (nSPS) is 17.8. The van der Waals surface area contributed by atoms with Gasteiger partial charge in [-0.3, -0.25) is 19.4 Å². The first-order chi connectivity index (χ1) is 23.2. The Bertz CT molecular complexity index is 1640. The molecule has 6 rings (SSSR count). The summed E-state index contributed by atoms with van der Waals surface area (Å²) >= 11 is 0. The average Bonchev–Trinajstić information content (AvgIpc) is 3.10. The van der Waals surface area contributed by atoms with Crippen molar-refractivity contribution in [2.24, 2.45) is 0 Å². The van der Waals surface area contributed by atoms with E-state index >= 15 is 0 Å². The number of rotatable bonds is 10. The molecule has 258 valence electrons. The van der Waals surface area contributed by atoms with Gasteiger partial charge in [0, 0.05) is 93.6 Å². The molecule has 3 aliphatic rings. The van der Waals surface area contributed by atoms with E-state index in [9.17, 15) is 9.59 Å². The van der Waals surface area contributed by atoms with Crippen LogP contribution in [0.3, 0.4) is 0 Å². The summed E-state index contributed by atoms with van der Waals surface area (Å²) in [6, 6.07) is 13.8. The van der Waals surface area contributed by atoms with Gasteiger partial charge in [0.2, 0.25) is 0 Å². The molecule has 2 fully saturated rings. The molecule has 0 saturated carbocycles. The van der Waals surface area contributed by atoms with Gasteiger partial charge >= 0.3 is 0 Å². The molecule has 48 heavy (non-hydrogen) atoms. The lowest BCUT2D eigenvalue weighted by Crippen LogP contribution is -2.40. The lowest BCUT2D eigenvalue weighted by atomic mass is 9.93. The summed E-state index contributed by atoms with van der Waals surface area (Å²) in [4.78, 5) is 37.8. The quantitative estimate of drug-likeness (QED) is 0.311. The number of hydrogen-bond acceptors (Lipinski definition) is 7. The number of anilines is 1. The molecule has 9 heteroatoms. The van der Waals surface area contributed by atoms with Crippen LogP contribution in [0.25, 0.3) is 11.1 Å². The number of pyridine rings is 1. The SMILES string of the molecule is CCN(c1cc(-c2ccc(CN3CCOCC3)cc2)cc(C(=O)NCc2c3c(c(C)[nH]c2=O)CN(C(C)C)CC3)c1C)C1CCOCC1. The van der Waals surface area contributed by atoms with Crippen molar-refractivity contribution >= 4 is 11.6 Å². The van der Waals surface area contributed by atoms with Gasteiger partial charge in [0.05, 0.1) is 13.2 Å². The zero-order valence-corrected chi connectivity index (χ0v) is 29.5. The molecule has 3 aromatic rings. The maximum Gasteiger partial charge on any atom is 0.253 e. The molecule has 1 amide bonds. The highest BCUT2D eigenvalue weighted by Gasteiger charge is 2.27. The Hall–Kier alpha value is -3.50. The molecule has 0 radical (unpaired) electrons. The first-order valence-electron chi connectivity index (χ1n) is 17.9. The van der Waals surface area contributed by atoms with E-state index in [1.54, 1.807) is 0 Å². The van der Waals surface area contributed by atoms with Crippen molar-refractivity contribution in [3.8, 4) is 11.1 Å². The maximum atomic E-state index is 14.1. The van der Waals surface area contributed by atoms with E-state index in [1.807, 2.05) is 13.0 Å². The number of benzene rings is 2. The first kappa shape index (κ1) is 34.4. The molecule has 4 heterocycles. The minimum absolute atomic E-state index is 0.107. The standard InChI is InChI=1S/C39H53N5O4/c1-6-44(32-12-17-47-18-13-32)37-22-31(30-9-7-29(8-10-30)24-42-15-19-48-20-16-42)21-34(27(37)4)38(45)40-23-35-33-11-14-43(26(2)3)25-36(33)28(5)41-39(35)46/h7-10,21-22,26,32H,6,11-20,23-25H2,1-5H3,(H,40,45)(H,41,46).